The van der Waals surface area contributed by atoms with Crippen molar-refractivity contribution in [3.8, 4) is 0 Å². The predicted molar refractivity (Wildman–Crippen MR) is 114 cm³/mol. The van der Waals surface area contributed by atoms with Crippen LogP contribution >= 0.6 is 34.8 Å². The fraction of sp³-hybridized carbons (Fsp3) is 0.150. The molecule has 1 aliphatic heterocycles. The van der Waals surface area contributed by atoms with Crippen LogP contribution in [-0.2, 0) is 16.2 Å². The van der Waals surface area contributed by atoms with Crippen molar-refractivity contribution in [2.24, 2.45) is 5.16 Å². The number of carbonyl (C=O) groups is 1. The van der Waals surface area contributed by atoms with Gasteiger partial charge in [0, 0.05) is 17.6 Å². The summed E-state index contributed by atoms with van der Waals surface area (Å²) in [6.07, 6.45) is 0.516. The van der Waals surface area contributed by atoms with Crippen molar-refractivity contribution in [1.82, 2.24) is 9.78 Å². The zero-order chi connectivity index (χ0) is 22.1. The summed E-state index contributed by atoms with van der Waals surface area (Å²) in [5, 5.41) is 11.2. The highest BCUT2D eigenvalue weighted by atomic mass is 35.5. The number of nitrogens with zero attached hydrogens (tertiary/aromatic N) is 3. The summed E-state index contributed by atoms with van der Waals surface area (Å²) in [4.78, 5) is 17.7. The minimum absolute atomic E-state index is 0.0238. The summed E-state index contributed by atoms with van der Waals surface area (Å²) in [6.45, 7) is 0.216. The molecule has 0 bridgehead atoms. The summed E-state index contributed by atoms with van der Waals surface area (Å²) >= 11 is 18.2. The average molecular weight is 486 g/mol. The first-order valence-electron chi connectivity index (χ1n) is 8.96. The lowest BCUT2D eigenvalue weighted by Crippen LogP contribution is -2.28. The van der Waals surface area contributed by atoms with E-state index in [-0.39, 0.29) is 45.1 Å². The third-order valence-electron chi connectivity index (χ3n) is 4.52. The molecule has 0 radical (unpaired) electrons. The Hall–Kier alpha value is -2.68. The third-order valence-corrected chi connectivity index (χ3v) is 5.46. The van der Waals surface area contributed by atoms with E-state index >= 15 is 0 Å². The van der Waals surface area contributed by atoms with Crippen LogP contribution in [-0.4, -0.2) is 27.5 Å². The number of hydrogen-bond donors (Lipinski definition) is 1. The van der Waals surface area contributed by atoms with Crippen LogP contribution in [0.3, 0.4) is 0 Å². The topological polar surface area (TPSA) is 68.5 Å². The minimum Gasteiger partial charge on any atom is -0.382 e. The Kier molecular flexibility index (Phi) is 6.13. The molecule has 1 aliphatic rings. The normalized spacial score (nSPS) is 15.5. The summed E-state index contributed by atoms with van der Waals surface area (Å²) in [7, 11) is 0. The van der Waals surface area contributed by atoms with E-state index in [0.29, 0.717) is 5.56 Å². The molecular weight excluding hydrogens is 473 g/mol. The lowest BCUT2D eigenvalue weighted by atomic mass is 10.0. The fourth-order valence-electron chi connectivity index (χ4n) is 3.02. The van der Waals surface area contributed by atoms with Gasteiger partial charge in [-0.2, -0.15) is 5.10 Å². The fourth-order valence-corrected chi connectivity index (χ4v) is 3.72. The highest BCUT2D eigenvalue weighted by molar-refractivity contribution is 6.34. The van der Waals surface area contributed by atoms with E-state index in [4.69, 9.17) is 39.6 Å². The van der Waals surface area contributed by atoms with Crippen LogP contribution in [0.5, 0.6) is 0 Å². The number of oxime groups is 1. The van der Waals surface area contributed by atoms with Gasteiger partial charge in [0.15, 0.2) is 5.82 Å². The van der Waals surface area contributed by atoms with Crippen LogP contribution in [0.25, 0.3) is 0 Å². The first-order valence-corrected chi connectivity index (χ1v) is 10.1. The second kappa shape index (κ2) is 8.82. The van der Waals surface area contributed by atoms with Crippen molar-refractivity contribution >= 4 is 52.2 Å². The first kappa shape index (κ1) is 21.5. The van der Waals surface area contributed by atoms with Gasteiger partial charge in [0.05, 0.1) is 22.8 Å². The maximum absolute atomic E-state index is 14.1. The van der Waals surface area contributed by atoms with E-state index in [1.54, 1.807) is 0 Å². The molecule has 1 aromatic heterocycles. The SMILES string of the molecule is O=C(Nc1nn(Cc2ccc(F)cc2Cl)cc1Cl)C1CC(c2c(F)cccc2Cl)=NO1. The van der Waals surface area contributed by atoms with Crippen molar-refractivity contribution in [2.45, 2.75) is 19.1 Å². The number of carbonyl (C=O) groups excluding carboxylic acids is 1. The maximum Gasteiger partial charge on any atom is 0.269 e. The van der Waals surface area contributed by atoms with Crippen LogP contribution in [0.4, 0.5) is 14.6 Å². The zero-order valence-electron chi connectivity index (χ0n) is 15.6. The highest BCUT2D eigenvalue weighted by Gasteiger charge is 2.32. The number of benzene rings is 2. The molecule has 6 nitrogen and oxygen atoms in total. The van der Waals surface area contributed by atoms with Gasteiger partial charge in [0.1, 0.15) is 16.7 Å². The van der Waals surface area contributed by atoms with Gasteiger partial charge in [0.25, 0.3) is 5.91 Å². The Balaban J connectivity index is 1.43. The molecule has 11 heteroatoms. The highest BCUT2D eigenvalue weighted by Crippen LogP contribution is 2.27. The van der Waals surface area contributed by atoms with Gasteiger partial charge in [0.2, 0.25) is 6.10 Å². The van der Waals surface area contributed by atoms with E-state index in [0.717, 1.165) is 0 Å². The Morgan fingerprint density at radius 3 is 2.71 bits per heavy atom. The van der Waals surface area contributed by atoms with Gasteiger partial charge in [-0.25, -0.2) is 8.78 Å². The number of halogens is 5. The van der Waals surface area contributed by atoms with E-state index in [9.17, 15) is 13.6 Å². The van der Waals surface area contributed by atoms with Crippen LogP contribution < -0.4 is 5.32 Å². The van der Waals surface area contributed by atoms with E-state index in [1.165, 1.54) is 47.3 Å². The largest absolute Gasteiger partial charge is 0.382 e. The molecule has 2 heterocycles. The third kappa shape index (κ3) is 4.66. The monoisotopic (exact) mass is 484 g/mol. The molecule has 3 aromatic rings. The molecule has 0 aliphatic carbocycles. The summed E-state index contributed by atoms with van der Waals surface area (Å²) in [6, 6.07) is 8.25. The van der Waals surface area contributed by atoms with Crippen molar-refractivity contribution in [3.63, 3.8) is 0 Å². The lowest BCUT2D eigenvalue weighted by molar-refractivity contribution is -0.125. The number of aromatic nitrogens is 2. The van der Waals surface area contributed by atoms with E-state index in [2.05, 4.69) is 15.6 Å². The molecule has 1 amide bonds. The van der Waals surface area contributed by atoms with Gasteiger partial charge in [-0.3, -0.25) is 9.48 Å². The molecule has 0 fully saturated rings. The molecule has 0 spiro atoms. The molecule has 1 atom stereocenters. The van der Waals surface area contributed by atoms with Crippen LogP contribution in [0.1, 0.15) is 17.5 Å². The van der Waals surface area contributed by atoms with Crippen LogP contribution in [0.2, 0.25) is 15.1 Å². The Labute approximate surface area is 190 Å². The molecule has 0 saturated carbocycles. The van der Waals surface area contributed by atoms with Crippen molar-refractivity contribution in [1.29, 1.82) is 0 Å². The smallest absolute Gasteiger partial charge is 0.269 e. The number of anilines is 1. The molecule has 2 aromatic carbocycles. The van der Waals surface area contributed by atoms with Gasteiger partial charge in [-0.1, -0.05) is 52.1 Å². The number of hydrogen-bond acceptors (Lipinski definition) is 4. The van der Waals surface area contributed by atoms with Crippen molar-refractivity contribution < 1.29 is 18.4 Å². The number of rotatable bonds is 5. The quantitative estimate of drug-likeness (QED) is 0.533. The number of nitrogens with one attached hydrogen (secondary N) is 1. The molecule has 1 unspecified atom stereocenters. The van der Waals surface area contributed by atoms with Crippen LogP contribution in [0, 0.1) is 11.6 Å². The van der Waals surface area contributed by atoms with E-state index < -0.39 is 23.6 Å². The summed E-state index contributed by atoms with van der Waals surface area (Å²) in [5.74, 6) is -1.46. The molecule has 31 heavy (non-hydrogen) atoms. The second-order valence-corrected chi connectivity index (χ2v) is 7.90. The van der Waals surface area contributed by atoms with Crippen molar-refractivity contribution in [2.75, 3.05) is 5.32 Å². The first-order chi connectivity index (χ1) is 14.8. The van der Waals surface area contributed by atoms with Gasteiger partial charge >= 0.3 is 0 Å². The van der Waals surface area contributed by atoms with Gasteiger partial charge in [-0.15, -0.1) is 0 Å². The summed E-state index contributed by atoms with van der Waals surface area (Å²) in [5.41, 5.74) is 0.947. The molecule has 1 N–H and O–H groups in total. The second-order valence-electron chi connectivity index (χ2n) is 6.68. The van der Waals surface area contributed by atoms with E-state index in [1.807, 2.05) is 0 Å². The summed E-state index contributed by atoms with van der Waals surface area (Å²) < 4.78 is 28.7. The Morgan fingerprint density at radius 2 is 1.97 bits per heavy atom. The maximum atomic E-state index is 14.1. The predicted octanol–water partition coefficient (Wildman–Crippen LogP) is 5.30. The number of amides is 1. The molecular formula is C20H13Cl3F2N4O2. The Morgan fingerprint density at radius 1 is 1.16 bits per heavy atom. The van der Waals surface area contributed by atoms with Crippen molar-refractivity contribution in [3.05, 3.63) is 80.4 Å². The Bertz CT molecular complexity index is 1180. The molecule has 160 valence electrons. The lowest BCUT2D eigenvalue weighted by Gasteiger charge is -2.08. The van der Waals surface area contributed by atoms with Crippen LogP contribution in [0.15, 0.2) is 47.8 Å². The zero-order valence-corrected chi connectivity index (χ0v) is 17.8. The molecule has 0 saturated heterocycles. The minimum atomic E-state index is -1.00. The standard InChI is InChI=1S/C20H13Cl3F2N4O2/c21-12-2-1-3-15(25)18(12)16-7-17(31-28-16)20(30)26-19-14(23)9-29(27-19)8-10-4-5-11(24)6-13(10)22/h1-6,9,17H,7-8H2,(H,26,27,30). The van der Waals surface area contributed by atoms with Gasteiger partial charge in [-0.05, 0) is 29.8 Å². The van der Waals surface area contributed by atoms with Gasteiger partial charge < -0.3 is 10.2 Å². The molecule has 4 rings (SSSR count). The average Bonchev–Trinajstić information content (AvgIpc) is 3.31.